The Bertz CT molecular complexity index is 1340. The lowest BCUT2D eigenvalue weighted by Crippen LogP contribution is -2.04. The van der Waals surface area contributed by atoms with Crippen molar-refractivity contribution in [2.75, 3.05) is 6.61 Å². The van der Waals surface area contributed by atoms with E-state index in [1.807, 2.05) is 0 Å². The highest BCUT2D eigenvalue weighted by Gasteiger charge is 2.12. The van der Waals surface area contributed by atoms with E-state index in [-0.39, 0.29) is 0 Å². The Hall–Kier alpha value is -3.59. The van der Waals surface area contributed by atoms with Crippen LogP contribution in [0, 0.1) is 6.92 Å². The fraction of sp³-hybridized carbons (Fsp3) is 0.179. The van der Waals surface area contributed by atoms with Crippen LogP contribution in [-0.2, 0) is 6.54 Å². The van der Waals surface area contributed by atoms with Crippen molar-refractivity contribution in [2.24, 2.45) is 0 Å². The summed E-state index contributed by atoms with van der Waals surface area (Å²) in [5.41, 5.74) is 4.66. The van der Waals surface area contributed by atoms with E-state index in [9.17, 15) is 0 Å². The van der Waals surface area contributed by atoms with Crippen molar-refractivity contribution < 1.29 is 4.74 Å². The number of hydrogen-bond acceptors (Lipinski definition) is 2. The standard InChI is InChI=1S/C28H26N2O/c1-21-9-8-12-24(19-21)28-29-26-13-4-5-14-27(26)30(28)17-6-7-18-31-25-16-15-22-10-2-3-11-23(22)20-25/h2-5,8-16,19-20H,6-7,17-18H2,1H3. The number of para-hydroxylation sites is 2. The number of hydrogen-bond donors (Lipinski definition) is 0. The van der Waals surface area contributed by atoms with Gasteiger partial charge in [-0.15, -0.1) is 0 Å². The van der Waals surface area contributed by atoms with Crippen molar-refractivity contribution >= 4 is 21.8 Å². The van der Waals surface area contributed by atoms with E-state index in [4.69, 9.17) is 9.72 Å². The van der Waals surface area contributed by atoms with Crippen LogP contribution in [0.1, 0.15) is 18.4 Å². The van der Waals surface area contributed by atoms with Crippen molar-refractivity contribution in [3.05, 3.63) is 96.6 Å². The zero-order valence-electron chi connectivity index (χ0n) is 17.8. The molecule has 5 rings (SSSR count). The van der Waals surface area contributed by atoms with Gasteiger partial charge in [-0.05, 0) is 60.9 Å². The van der Waals surface area contributed by atoms with Crippen molar-refractivity contribution in [3.8, 4) is 17.1 Å². The van der Waals surface area contributed by atoms with E-state index in [0.717, 1.165) is 36.5 Å². The molecule has 0 atom stereocenters. The van der Waals surface area contributed by atoms with Gasteiger partial charge in [-0.25, -0.2) is 4.98 Å². The maximum absolute atomic E-state index is 6.03. The summed E-state index contributed by atoms with van der Waals surface area (Å²) in [6.45, 7) is 3.76. The number of benzene rings is 4. The zero-order chi connectivity index (χ0) is 21.0. The third-order valence-corrected chi connectivity index (χ3v) is 5.70. The van der Waals surface area contributed by atoms with E-state index < -0.39 is 0 Å². The molecule has 0 N–H and O–H groups in total. The molecule has 0 radical (unpaired) electrons. The Morgan fingerprint density at radius 3 is 2.52 bits per heavy atom. The molecule has 0 saturated carbocycles. The average molecular weight is 407 g/mol. The minimum absolute atomic E-state index is 0.713. The van der Waals surface area contributed by atoms with E-state index in [1.54, 1.807) is 0 Å². The van der Waals surface area contributed by atoms with Gasteiger partial charge in [-0.2, -0.15) is 0 Å². The molecule has 1 aromatic heterocycles. The molecule has 0 bridgehead atoms. The molecule has 0 aliphatic heterocycles. The number of ether oxygens (including phenoxy) is 1. The summed E-state index contributed by atoms with van der Waals surface area (Å²) in [5.74, 6) is 1.98. The summed E-state index contributed by atoms with van der Waals surface area (Å²) in [6, 6.07) is 31.6. The predicted molar refractivity (Wildman–Crippen MR) is 129 cm³/mol. The van der Waals surface area contributed by atoms with E-state index >= 15 is 0 Å². The Balaban J connectivity index is 1.27. The Labute approximate surface area is 182 Å². The number of rotatable bonds is 7. The first-order valence-corrected chi connectivity index (χ1v) is 10.9. The van der Waals surface area contributed by atoms with Crippen LogP contribution < -0.4 is 4.74 Å². The molecule has 0 saturated heterocycles. The first-order valence-electron chi connectivity index (χ1n) is 10.9. The minimum Gasteiger partial charge on any atom is -0.494 e. The topological polar surface area (TPSA) is 27.1 Å². The molecule has 0 fully saturated rings. The Morgan fingerprint density at radius 2 is 1.61 bits per heavy atom. The molecule has 5 aromatic rings. The Morgan fingerprint density at radius 1 is 0.774 bits per heavy atom. The summed E-state index contributed by atoms with van der Waals surface area (Å²) in [6.07, 6.45) is 2.03. The second kappa shape index (κ2) is 8.65. The molecule has 3 heteroatoms. The van der Waals surface area contributed by atoms with Gasteiger partial charge >= 0.3 is 0 Å². The third-order valence-electron chi connectivity index (χ3n) is 5.70. The number of imidazole rings is 1. The molecule has 0 amide bonds. The number of unbranched alkanes of at least 4 members (excludes halogenated alkanes) is 1. The van der Waals surface area contributed by atoms with Gasteiger partial charge in [-0.1, -0.05) is 66.2 Å². The molecule has 0 aliphatic rings. The lowest BCUT2D eigenvalue weighted by Gasteiger charge is -2.11. The quantitative estimate of drug-likeness (QED) is 0.271. The highest BCUT2D eigenvalue weighted by atomic mass is 16.5. The normalized spacial score (nSPS) is 11.3. The number of aryl methyl sites for hydroxylation is 2. The number of fused-ring (bicyclic) bond motifs is 2. The SMILES string of the molecule is Cc1cccc(-c2nc3ccccc3n2CCCCOc2ccc3ccccc3c2)c1. The van der Waals surface area contributed by atoms with E-state index in [1.165, 1.54) is 27.4 Å². The van der Waals surface area contributed by atoms with Gasteiger partial charge in [0.1, 0.15) is 11.6 Å². The molecular formula is C28H26N2O. The van der Waals surface area contributed by atoms with Gasteiger partial charge < -0.3 is 9.30 Å². The maximum Gasteiger partial charge on any atom is 0.141 e. The first kappa shape index (κ1) is 19.4. The summed E-state index contributed by atoms with van der Waals surface area (Å²) < 4.78 is 8.37. The lowest BCUT2D eigenvalue weighted by atomic mass is 10.1. The lowest BCUT2D eigenvalue weighted by molar-refractivity contribution is 0.304. The highest BCUT2D eigenvalue weighted by molar-refractivity contribution is 5.83. The first-order chi connectivity index (χ1) is 15.3. The zero-order valence-corrected chi connectivity index (χ0v) is 17.8. The van der Waals surface area contributed by atoms with Gasteiger partial charge in [0.15, 0.2) is 0 Å². The molecule has 0 aliphatic carbocycles. The number of aromatic nitrogens is 2. The van der Waals surface area contributed by atoms with Crippen LogP contribution in [0.2, 0.25) is 0 Å². The minimum atomic E-state index is 0.713. The van der Waals surface area contributed by atoms with Gasteiger partial charge in [0.25, 0.3) is 0 Å². The molecule has 154 valence electrons. The van der Waals surface area contributed by atoms with Crippen molar-refractivity contribution in [1.82, 2.24) is 9.55 Å². The van der Waals surface area contributed by atoms with Crippen molar-refractivity contribution in [2.45, 2.75) is 26.3 Å². The van der Waals surface area contributed by atoms with Gasteiger partial charge in [0.05, 0.1) is 17.6 Å². The molecular weight excluding hydrogens is 380 g/mol. The summed E-state index contributed by atoms with van der Waals surface area (Å²) in [5, 5.41) is 2.46. The van der Waals surface area contributed by atoms with Crippen LogP contribution in [-0.4, -0.2) is 16.2 Å². The van der Waals surface area contributed by atoms with E-state index in [2.05, 4.69) is 102 Å². The van der Waals surface area contributed by atoms with Crippen molar-refractivity contribution in [1.29, 1.82) is 0 Å². The van der Waals surface area contributed by atoms with E-state index in [0.29, 0.717) is 6.61 Å². The van der Waals surface area contributed by atoms with Crippen LogP contribution in [0.25, 0.3) is 33.2 Å². The van der Waals surface area contributed by atoms with Gasteiger partial charge in [0, 0.05) is 12.1 Å². The molecule has 3 nitrogen and oxygen atoms in total. The average Bonchev–Trinajstić information content (AvgIpc) is 3.17. The summed E-state index contributed by atoms with van der Waals surface area (Å²) in [7, 11) is 0. The predicted octanol–water partition coefficient (Wildman–Crippen LogP) is 7.02. The maximum atomic E-state index is 6.03. The second-order valence-electron chi connectivity index (χ2n) is 8.01. The number of nitrogens with zero attached hydrogens (tertiary/aromatic N) is 2. The fourth-order valence-corrected chi connectivity index (χ4v) is 4.13. The summed E-state index contributed by atoms with van der Waals surface area (Å²) in [4.78, 5) is 4.93. The van der Waals surface area contributed by atoms with Gasteiger partial charge in [-0.3, -0.25) is 0 Å². The summed E-state index contributed by atoms with van der Waals surface area (Å²) >= 11 is 0. The van der Waals surface area contributed by atoms with Crippen LogP contribution in [0.5, 0.6) is 5.75 Å². The molecule has 4 aromatic carbocycles. The largest absolute Gasteiger partial charge is 0.494 e. The molecule has 0 unspecified atom stereocenters. The highest BCUT2D eigenvalue weighted by Crippen LogP contribution is 2.26. The molecule has 0 spiro atoms. The van der Waals surface area contributed by atoms with Crippen LogP contribution >= 0.6 is 0 Å². The van der Waals surface area contributed by atoms with Crippen molar-refractivity contribution in [3.63, 3.8) is 0 Å². The smallest absolute Gasteiger partial charge is 0.141 e. The van der Waals surface area contributed by atoms with Gasteiger partial charge in [0.2, 0.25) is 0 Å². The van der Waals surface area contributed by atoms with Crippen LogP contribution in [0.15, 0.2) is 91.0 Å². The molecule has 31 heavy (non-hydrogen) atoms. The van der Waals surface area contributed by atoms with Crippen LogP contribution in [0.3, 0.4) is 0 Å². The fourth-order valence-electron chi connectivity index (χ4n) is 4.13. The molecule has 1 heterocycles. The second-order valence-corrected chi connectivity index (χ2v) is 8.01. The monoisotopic (exact) mass is 406 g/mol. The van der Waals surface area contributed by atoms with Crippen LogP contribution in [0.4, 0.5) is 0 Å². The Kier molecular flexibility index (Phi) is 5.40. The third kappa shape index (κ3) is 4.17.